The van der Waals surface area contributed by atoms with Gasteiger partial charge < -0.3 is 5.32 Å². The number of thiazole rings is 1. The minimum Gasteiger partial charge on any atom is -0.331 e. The van der Waals surface area contributed by atoms with Gasteiger partial charge in [0.05, 0.1) is 15.2 Å². The molecular formula is C14H10BrClN2S. The number of anilines is 2. The van der Waals surface area contributed by atoms with Gasteiger partial charge in [0.1, 0.15) is 0 Å². The topological polar surface area (TPSA) is 24.9 Å². The van der Waals surface area contributed by atoms with E-state index >= 15 is 0 Å². The lowest BCUT2D eigenvalue weighted by atomic mass is 10.2. The maximum absolute atomic E-state index is 5.98. The molecule has 0 radical (unpaired) electrons. The lowest BCUT2D eigenvalue weighted by Gasteiger charge is -2.03. The molecular weight excluding hydrogens is 344 g/mol. The van der Waals surface area contributed by atoms with Crippen molar-refractivity contribution in [3.8, 4) is 0 Å². The molecule has 0 aliphatic rings. The zero-order chi connectivity index (χ0) is 13.4. The largest absolute Gasteiger partial charge is 0.331 e. The number of hydrogen-bond acceptors (Lipinski definition) is 3. The van der Waals surface area contributed by atoms with Crippen molar-refractivity contribution in [2.24, 2.45) is 0 Å². The summed E-state index contributed by atoms with van der Waals surface area (Å²) in [6.07, 6.45) is 0. The Kier molecular flexibility index (Phi) is 3.48. The second-order valence-corrected chi connectivity index (χ2v) is 6.54. The van der Waals surface area contributed by atoms with Gasteiger partial charge in [0.2, 0.25) is 0 Å². The summed E-state index contributed by atoms with van der Waals surface area (Å²) in [6, 6.07) is 12.0. The molecule has 5 heteroatoms. The molecule has 0 unspecified atom stereocenters. The van der Waals surface area contributed by atoms with Crippen molar-refractivity contribution in [1.82, 2.24) is 4.98 Å². The predicted molar refractivity (Wildman–Crippen MR) is 86.8 cm³/mol. The van der Waals surface area contributed by atoms with E-state index in [1.807, 2.05) is 18.2 Å². The number of aromatic nitrogens is 1. The van der Waals surface area contributed by atoms with Gasteiger partial charge in [-0.05, 0) is 58.7 Å². The lowest BCUT2D eigenvalue weighted by molar-refractivity contribution is 1.42. The molecule has 0 aliphatic heterocycles. The molecule has 96 valence electrons. The van der Waals surface area contributed by atoms with Gasteiger partial charge in [0, 0.05) is 10.2 Å². The summed E-state index contributed by atoms with van der Waals surface area (Å²) in [5.74, 6) is 0. The van der Waals surface area contributed by atoms with Gasteiger partial charge in [-0.1, -0.05) is 29.0 Å². The van der Waals surface area contributed by atoms with Crippen molar-refractivity contribution >= 4 is 59.9 Å². The Morgan fingerprint density at radius 2 is 2.05 bits per heavy atom. The van der Waals surface area contributed by atoms with Crippen molar-refractivity contribution in [2.45, 2.75) is 6.92 Å². The monoisotopic (exact) mass is 352 g/mol. The van der Waals surface area contributed by atoms with E-state index in [0.717, 1.165) is 20.8 Å². The van der Waals surface area contributed by atoms with Crippen LogP contribution in [0.25, 0.3) is 10.2 Å². The van der Waals surface area contributed by atoms with Crippen LogP contribution in [0.1, 0.15) is 5.56 Å². The molecule has 2 nitrogen and oxygen atoms in total. The Morgan fingerprint density at radius 3 is 2.84 bits per heavy atom. The van der Waals surface area contributed by atoms with Crippen LogP contribution in [0, 0.1) is 6.92 Å². The number of nitrogens with one attached hydrogen (secondary N) is 1. The van der Waals surface area contributed by atoms with Crippen molar-refractivity contribution in [2.75, 3.05) is 5.32 Å². The van der Waals surface area contributed by atoms with E-state index in [4.69, 9.17) is 11.6 Å². The van der Waals surface area contributed by atoms with Gasteiger partial charge in [-0.2, -0.15) is 0 Å². The fourth-order valence-corrected chi connectivity index (χ4v) is 3.15. The van der Waals surface area contributed by atoms with Crippen molar-refractivity contribution < 1.29 is 0 Å². The van der Waals surface area contributed by atoms with E-state index in [1.54, 1.807) is 11.3 Å². The second-order valence-electron chi connectivity index (χ2n) is 4.24. The normalized spacial score (nSPS) is 10.9. The minimum absolute atomic E-state index is 0.700. The Morgan fingerprint density at radius 1 is 1.21 bits per heavy atom. The fraction of sp³-hybridized carbons (Fsp3) is 0.0714. The predicted octanol–water partition coefficient (Wildman–Crippen LogP) is 5.76. The Bertz CT molecular complexity index is 754. The molecule has 0 saturated heterocycles. The van der Waals surface area contributed by atoms with Crippen LogP contribution in [0.3, 0.4) is 0 Å². The third kappa shape index (κ3) is 2.76. The van der Waals surface area contributed by atoms with E-state index in [0.29, 0.717) is 5.02 Å². The van der Waals surface area contributed by atoms with Crippen molar-refractivity contribution in [3.05, 3.63) is 51.5 Å². The fourth-order valence-electron chi connectivity index (χ4n) is 1.79. The van der Waals surface area contributed by atoms with Gasteiger partial charge in [-0.15, -0.1) is 0 Å². The first kappa shape index (κ1) is 12.9. The number of nitrogens with zero attached hydrogens (tertiary/aromatic N) is 1. The van der Waals surface area contributed by atoms with Crippen LogP contribution in [0.4, 0.5) is 10.8 Å². The quantitative estimate of drug-likeness (QED) is 0.633. The van der Waals surface area contributed by atoms with E-state index in [-0.39, 0.29) is 0 Å². The maximum Gasteiger partial charge on any atom is 0.188 e. The third-order valence-corrected chi connectivity index (χ3v) is 4.88. The summed E-state index contributed by atoms with van der Waals surface area (Å²) in [6.45, 7) is 2.07. The van der Waals surface area contributed by atoms with Crippen LogP contribution >= 0.6 is 38.9 Å². The number of halogens is 2. The van der Waals surface area contributed by atoms with Gasteiger partial charge in [-0.3, -0.25) is 0 Å². The summed E-state index contributed by atoms with van der Waals surface area (Å²) in [4.78, 5) is 4.58. The zero-order valence-corrected chi connectivity index (χ0v) is 13.2. The van der Waals surface area contributed by atoms with Gasteiger partial charge in [-0.25, -0.2) is 4.98 Å². The van der Waals surface area contributed by atoms with Gasteiger partial charge in [0.15, 0.2) is 5.13 Å². The molecule has 19 heavy (non-hydrogen) atoms. The van der Waals surface area contributed by atoms with Crippen LogP contribution in [-0.2, 0) is 0 Å². The molecule has 3 aromatic rings. The summed E-state index contributed by atoms with van der Waals surface area (Å²) >= 11 is 11.0. The highest BCUT2D eigenvalue weighted by Crippen LogP contribution is 2.31. The first-order valence-electron chi connectivity index (χ1n) is 5.71. The summed E-state index contributed by atoms with van der Waals surface area (Å²) in [5.41, 5.74) is 3.21. The standard InChI is InChI=1S/C14H10BrClN2S/c1-8-2-5-13-12(6-8)18-14(19-13)17-9-3-4-11(16)10(15)7-9/h2-7H,1H3,(H,17,18). The second kappa shape index (κ2) is 5.12. The lowest BCUT2D eigenvalue weighted by Crippen LogP contribution is -1.88. The van der Waals surface area contributed by atoms with E-state index in [9.17, 15) is 0 Å². The molecule has 1 N–H and O–H groups in total. The van der Waals surface area contributed by atoms with Gasteiger partial charge in [0.25, 0.3) is 0 Å². The highest BCUT2D eigenvalue weighted by atomic mass is 79.9. The summed E-state index contributed by atoms with van der Waals surface area (Å²) in [7, 11) is 0. The number of rotatable bonds is 2. The first-order chi connectivity index (χ1) is 9.11. The molecule has 0 atom stereocenters. The van der Waals surface area contributed by atoms with Crippen LogP contribution < -0.4 is 5.32 Å². The van der Waals surface area contributed by atoms with Crippen LogP contribution in [0.5, 0.6) is 0 Å². The Labute approximate surface area is 128 Å². The smallest absolute Gasteiger partial charge is 0.188 e. The first-order valence-corrected chi connectivity index (χ1v) is 7.70. The molecule has 0 saturated carbocycles. The van der Waals surface area contributed by atoms with E-state index < -0.39 is 0 Å². The molecule has 1 heterocycles. The van der Waals surface area contributed by atoms with E-state index in [2.05, 4.69) is 51.4 Å². The zero-order valence-electron chi connectivity index (χ0n) is 10.1. The van der Waals surface area contributed by atoms with Crippen molar-refractivity contribution in [3.63, 3.8) is 0 Å². The molecule has 2 aromatic carbocycles. The molecule has 3 rings (SSSR count). The van der Waals surface area contributed by atoms with Crippen LogP contribution in [0.15, 0.2) is 40.9 Å². The summed E-state index contributed by atoms with van der Waals surface area (Å²) < 4.78 is 2.05. The molecule has 0 bridgehead atoms. The van der Waals surface area contributed by atoms with E-state index in [1.165, 1.54) is 10.3 Å². The molecule has 0 amide bonds. The highest BCUT2D eigenvalue weighted by Gasteiger charge is 2.05. The summed E-state index contributed by atoms with van der Waals surface area (Å²) in [5, 5.41) is 4.88. The maximum atomic E-state index is 5.98. The average Bonchev–Trinajstić information content (AvgIpc) is 2.75. The number of aryl methyl sites for hydroxylation is 1. The Balaban J connectivity index is 1.94. The number of hydrogen-bond donors (Lipinski definition) is 1. The highest BCUT2D eigenvalue weighted by molar-refractivity contribution is 9.10. The van der Waals surface area contributed by atoms with Gasteiger partial charge >= 0.3 is 0 Å². The molecule has 0 aliphatic carbocycles. The number of benzene rings is 2. The third-order valence-electron chi connectivity index (χ3n) is 2.71. The average molecular weight is 354 g/mol. The van der Waals surface area contributed by atoms with Crippen molar-refractivity contribution in [1.29, 1.82) is 0 Å². The Hall–Kier alpha value is -1.10. The molecule has 0 fully saturated rings. The molecule has 0 spiro atoms. The number of fused-ring (bicyclic) bond motifs is 1. The van der Waals surface area contributed by atoms with Crippen LogP contribution in [0.2, 0.25) is 5.02 Å². The molecule has 1 aromatic heterocycles. The SMILES string of the molecule is Cc1ccc2sc(Nc3ccc(Cl)c(Br)c3)nc2c1. The minimum atomic E-state index is 0.700. The van der Waals surface area contributed by atoms with Crippen LogP contribution in [-0.4, -0.2) is 4.98 Å².